The molecule has 154 valence electrons. The van der Waals surface area contributed by atoms with E-state index >= 15 is 0 Å². The SMILES string of the molecule is O=C1CC(Cc2ccc(C(=O)NN=C(c3ccccc3)c3ccccc3)cc2)C(=O)N1. The lowest BCUT2D eigenvalue weighted by Gasteiger charge is -2.09. The Labute approximate surface area is 180 Å². The predicted molar refractivity (Wildman–Crippen MR) is 117 cm³/mol. The monoisotopic (exact) mass is 411 g/mol. The number of nitrogens with zero attached hydrogens (tertiary/aromatic N) is 1. The average molecular weight is 411 g/mol. The second kappa shape index (κ2) is 9.17. The molecule has 6 heteroatoms. The van der Waals surface area contributed by atoms with Gasteiger partial charge in [-0.15, -0.1) is 0 Å². The van der Waals surface area contributed by atoms with Gasteiger partial charge in [-0.05, 0) is 24.1 Å². The Morgan fingerprint density at radius 3 is 1.94 bits per heavy atom. The van der Waals surface area contributed by atoms with Crippen molar-refractivity contribution in [3.8, 4) is 0 Å². The van der Waals surface area contributed by atoms with Crippen LogP contribution in [0.1, 0.15) is 33.5 Å². The lowest BCUT2D eigenvalue weighted by molar-refractivity contribution is -0.125. The number of carbonyl (C=O) groups excluding carboxylic acids is 3. The van der Waals surface area contributed by atoms with Crippen LogP contribution in [0.15, 0.2) is 90.0 Å². The summed E-state index contributed by atoms with van der Waals surface area (Å²) in [5.74, 6) is -1.16. The first kappa shape index (κ1) is 20.2. The maximum absolute atomic E-state index is 12.6. The molecule has 1 fully saturated rings. The van der Waals surface area contributed by atoms with E-state index in [1.54, 1.807) is 24.3 Å². The molecule has 3 amide bonds. The van der Waals surface area contributed by atoms with Gasteiger partial charge in [0.15, 0.2) is 0 Å². The molecule has 1 aliphatic heterocycles. The molecule has 3 aromatic carbocycles. The first-order chi connectivity index (χ1) is 15.1. The van der Waals surface area contributed by atoms with Crippen LogP contribution in [0.3, 0.4) is 0 Å². The minimum Gasteiger partial charge on any atom is -0.296 e. The van der Waals surface area contributed by atoms with Crippen molar-refractivity contribution >= 4 is 23.4 Å². The van der Waals surface area contributed by atoms with Crippen LogP contribution in [0.25, 0.3) is 0 Å². The van der Waals surface area contributed by atoms with Crippen molar-refractivity contribution < 1.29 is 14.4 Å². The largest absolute Gasteiger partial charge is 0.296 e. The van der Waals surface area contributed by atoms with Crippen LogP contribution in [0.5, 0.6) is 0 Å². The third-order valence-electron chi connectivity index (χ3n) is 5.13. The first-order valence-corrected chi connectivity index (χ1v) is 10.0. The van der Waals surface area contributed by atoms with Crippen molar-refractivity contribution in [1.29, 1.82) is 0 Å². The van der Waals surface area contributed by atoms with Gasteiger partial charge in [0.05, 0.1) is 11.6 Å². The number of benzene rings is 3. The van der Waals surface area contributed by atoms with Gasteiger partial charge in [0.1, 0.15) is 0 Å². The Bertz CT molecular complexity index is 1080. The zero-order valence-corrected chi connectivity index (χ0v) is 16.7. The summed E-state index contributed by atoms with van der Waals surface area (Å²) in [5, 5.41) is 6.71. The van der Waals surface area contributed by atoms with Gasteiger partial charge in [0.2, 0.25) is 11.8 Å². The summed E-state index contributed by atoms with van der Waals surface area (Å²) in [4.78, 5) is 35.7. The lowest BCUT2D eigenvalue weighted by Crippen LogP contribution is -2.23. The molecule has 0 saturated carbocycles. The molecule has 1 heterocycles. The van der Waals surface area contributed by atoms with Gasteiger partial charge in [-0.3, -0.25) is 19.7 Å². The number of nitrogens with one attached hydrogen (secondary N) is 2. The third kappa shape index (κ3) is 4.93. The Morgan fingerprint density at radius 1 is 0.839 bits per heavy atom. The molecular formula is C25H21N3O3. The van der Waals surface area contributed by atoms with Crippen molar-refractivity contribution in [1.82, 2.24) is 10.7 Å². The van der Waals surface area contributed by atoms with Crippen LogP contribution in [0, 0.1) is 5.92 Å². The van der Waals surface area contributed by atoms with Gasteiger partial charge >= 0.3 is 0 Å². The molecule has 0 bridgehead atoms. The molecule has 3 aromatic rings. The van der Waals surface area contributed by atoms with E-state index in [4.69, 9.17) is 0 Å². The van der Waals surface area contributed by atoms with Crippen molar-refractivity contribution in [2.75, 3.05) is 0 Å². The van der Waals surface area contributed by atoms with Crippen molar-refractivity contribution in [3.05, 3.63) is 107 Å². The molecule has 31 heavy (non-hydrogen) atoms. The Balaban J connectivity index is 1.48. The van der Waals surface area contributed by atoms with E-state index in [0.29, 0.717) is 17.7 Å². The molecule has 0 spiro atoms. The average Bonchev–Trinajstić information content (AvgIpc) is 3.12. The summed E-state index contributed by atoms with van der Waals surface area (Å²) in [6.07, 6.45) is 0.668. The second-order valence-electron chi connectivity index (χ2n) is 7.35. The number of hydrogen-bond donors (Lipinski definition) is 2. The van der Waals surface area contributed by atoms with Crippen LogP contribution >= 0.6 is 0 Å². The van der Waals surface area contributed by atoms with E-state index in [1.165, 1.54) is 0 Å². The molecular weight excluding hydrogens is 390 g/mol. The van der Waals surface area contributed by atoms with E-state index < -0.39 is 0 Å². The molecule has 6 nitrogen and oxygen atoms in total. The van der Waals surface area contributed by atoms with Gasteiger partial charge < -0.3 is 0 Å². The van der Waals surface area contributed by atoms with E-state index in [1.807, 2.05) is 60.7 Å². The normalized spacial score (nSPS) is 15.3. The molecule has 2 N–H and O–H groups in total. The van der Waals surface area contributed by atoms with Crippen molar-refractivity contribution in [2.45, 2.75) is 12.8 Å². The minimum atomic E-state index is -0.351. The molecule has 1 saturated heterocycles. The van der Waals surface area contributed by atoms with Gasteiger partial charge in [-0.1, -0.05) is 72.8 Å². The number of carbonyl (C=O) groups is 3. The van der Waals surface area contributed by atoms with E-state index in [0.717, 1.165) is 16.7 Å². The molecule has 1 atom stereocenters. The van der Waals surface area contributed by atoms with Crippen LogP contribution in [0.2, 0.25) is 0 Å². The Morgan fingerprint density at radius 2 is 1.42 bits per heavy atom. The molecule has 4 rings (SSSR count). The van der Waals surface area contributed by atoms with Crippen LogP contribution in [0.4, 0.5) is 0 Å². The molecule has 0 radical (unpaired) electrons. The fraction of sp³-hybridized carbons (Fsp3) is 0.120. The predicted octanol–water partition coefficient (Wildman–Crippen LogP) is 3.07. The number of hydrogen-bond acceptors (Lipinski definition) is 4. The zero-order valence-electron chi connectivity index (χ0n) is 16.7. The molecule has 1 unspecified atom stereocenters. The minimum absolute atomic E-state index is 0.206. The quantitative estimate of drug-likeness (QED) is 0.371. The van der Waals surface area contributed by atoms with Crippen LogP contribution in [-0.4, -0.2) is 23.4 Å². The summed E-state index contributed by atoms with van der Waals surface area (Å²) < 4.78 is 0. The topological polar surface area (TPSA) is 87.6 Å². The second-order valence-corrected chi connectivity index (χ2v) is 7.35. The highest BCUT2D eigenvalue weighted by molar-refractivity contribution is 6.13. The zero-order chi connectivity index (χ0) is 21.6. The summed E-state index contributed by atoms with van der Waals surface area (Å²) >= 11 is 0. The summed E-state index contributed by atoms with van der Waals surface area (Å²) in [5.41, 5.74) is 6.46. The van der Waals surface area contributed by atoms with Crippen LogP contribution in [-0.2, 0) is 16.0 Å². The van der Waals surface area contributed by atoms with Crippen molar-refractivity contribution in [3.63, 3.8) is 0 Å². The molecule has 0 aromatic heterocycles. The van der Waals surface area contributed by atoms with Crippen LogP contribution < -0.4 is 10.7 Å². The maximum Gasteiger partial charge on any atom is 0.271 e. The highest BCUT2D eigenvalue weighted by atomic mass is 16.2. The third-order valence-corrected chi connectivity index (χ3v) is 5.13. The summed E-state index contributed by atoms with van der Waals surface area (Å²) in [6.45, 7) is 0. The van der Waals surface area contributed by atoms with Gasteiger partial charge in [0.25, 0.3) is 5.91 Å². The van der Waals surface area contributed by atoms with Crippen molar-refractivity contribution in [2.24, 2.45) is 11.0 Å². The summed E-state index contributed by atoms with van der Waals surface area (Å²) in [7, 11) is 0. The standard InChI is InChI=1S/C25H21N3O3/c29-22-16-21(24(30)26-22)15-17-11-13-20(14-12-17)25(31)28-27-23(18-7-3-1-4-8-18)19-9-5-2-6-10-19/h1-14,21H,15-16H2,(H,28,31)(H,26,29,30). The van der Waals surface area contributed by atoms with Gasteiger partial charge in [-0.2, -0.15) is 5.10 Å². The van der Waals surface area contributed by atoms with Gasteiger partial charge in [-0.25, -0.2) is 5.43 Å². The molecule has 1 aliphatic rings. The highest BCUT2D eigenvalue weighted by Crippen LogP contribution is 2.18. The maximum atomic E-state index is 12.6. The van der Waals surface area contributed by atoms with E-state index in [9.17, 15) is 14.4 Å². The summed E-state index contributed by atoms with van der Waals surface area (Å²) in [6, 6.07) is 26.3. The number of hydrazone groups is 1. The fourth-order valence-electron chi connectivity index (χ4n) is 3.51. The molecule has 0 aliphatic carbocycles. The smallest absolute Gasteiger partial charge is 0.271 e. The lowest BCUT2D eigenvalue weighted by atomic mass is 9.97. The fourth-order valence-corrected chi connectivity index (χ4v) is 3.51. The highest BCUT2D eigenvalue weighted by Gasteiger charge is 2.30. The van der Waals surface area contributed by atoms with Gasteiger partial charge in [0, 0.05) is 23.1 Å². The first-order valence-electron chi connectivity index (χ1n) is 10.0. The Hall–Kier alpha value is -4.06. The van der Waals surface area contributed by atoms with E-state index in [-0.39, 0.29) is 30.1 Å². The number of imide groups is 1. The Kier molecular flexibility index (Phi) is 5.98. The number of amides is 3. The number of rotatable bonds is 6. The van der Waals surface area contributed by atoms with E-state index in [2.05, 4.69) is 15.8 Å².